The fourth-order valence-corrected chi connectivity index (χ4v) is 2.33. The van der Waals surface area contributed by atoms with Crippen molar-refractivity contribution in [3.63, 3.8) is 0 Å². The van der Waals surface area contributed by atoms with Crippen LogP contribution in [0.3, 0.4) is 0 Å². The van der Waals surface area contributed by atoms with Gasteiger partial charge < -0.3 is 20.1 Å². The van der Waals surface area contributed by atoms with Crippen LogP contribution in [0.2, 0.25) is 0 Å². The summed E-state index contributed by atoms with van der Waals surface area (Å²) in [6, 6.07) is 14.0. The molecule has 1 heterocycles. The number of aromatic nitrogens is 2. The van der Waals surface area contributed by atoms with Gasteiger partial charge in [0.1, 0.15) is 11.5 Å². The molecule has 1 amide bonds. The molecule has 0 bridgehead atoms. The molecule has 0 fully saturated rings. The molecule has 3 rings (SSSR count). The van der Waals surface area contributed by atoms with Crippen LogP contribution in [0.5, 0.6) is 11.5 Å². The molecule has 0 aliphatic carbocycles. The van der Waals surface area contributed by atoms with Gasteiger partial charge in [0.25, 0.3) is 5.91 Å². The van der Waals surface area contributed by atoms with E-state index in [2.05, 4.69) is 20.6 Å². The lowest BCUT2D eigenvalue weighted by atomic mass is 10.1. The van der Waals surface area contributed by atoms with Gasteiger partial charge in [-0.2, -0.15) is 0 Å². The van der Waals surface area contributed by atoms with Crippen LogP contribution in [0.15, 0.2) is 60.9 Å². The normalized spacial score (nSPS) is 10.1. The highest BCUT2D eigenvalue weighted by Crippen LogP contribution is 2.29. The van der Waals surface area contributed by atoms with Crippen LogP contribution >= 0.6 is 0 Å². The number of ether oxygens (including phenoxy) is 2. The maximum Gasteiger partial charge on any atom is 0.255 e. The maximum absolute atomic E-state index is 12.6. The van der Waals surface area contributed by atoms with Crippen molar-refractivity contribution >= 4 is 23.2 Å². The van der Waals surface area contributed by atoms with Crippen molar-refractivity contribution in [2.24, 2.45) is 0 Å². The lowest BCUT2D eigenvalue weighted by Crippen LogP contribution is -2.13. The minimum Gasteiger partial charge on any atom is -0.497 e. The van der Waals surface area contributed by atoms with E-state index < -0.39 is 0 Å². The van der Waals surface area contributed by atoms with Crippen LogP contribution < -0.4 is 20.1 Å². The molecule has 1 aromatic heterocycles. The Bertz CT molecular complexity index is 900. The van der Waals surface area contributed by atoms with Crippen molar-refractivity contribution in [1.29, 1.82) is 0 Å². The third-order valence-corrected chi connectivity index (χ3v) is 3.60. The van der Waals surface area contributed by atoms with E-state index in [1.807, 2.05) is 6.07 Å². The molecule has 3 aromatic rings. The zero-order valence-electron chi connectivity index (χ0n) is 14.4. The Labute approximate surface area is 151 Å². The molecular formula is C19H18N4O3. The number of nitrogens with zero attached hydrogens (tertiary/aromatic N) is 2. The molecule has 0 saturated heterocycles. The van der Waals surface area contributed by atoms with Crippen LogP contribution in [-0.2, 0) is 0 Å². The summed E-state index contributed by atoms with van der Waals surface area (Å²) in [7, 11) is 3.11. The second-order valence-electron chi connectivity index (χ2n) is 5.30. The predicted octanol–water partition coefficient (Wildman–Crippen LogP) is 3.49. The lowest BCUT2D eigenvalue weighted by molar-refractivity contribution is 0.102. The number of nitrogens with one attached hydrogen (secondary N) is 2. The van der Waals surface area contributed by atoms with Crippen molar-refractivity contribution in [2.75, 3.05) is 24.9 Å². The predicted molar refractivity (Wildman–Crippen MR) is 99.3 cm³/mol. The van der Waals surface area contributed by atoms with E-state index in [1.165, 1.54) is 7.11 Å². The summed E-state index contributed by atoms with van der Waals surface area (Å²) in [6.45, 7) is 0. The highest BCUT2D eigenvalue weighted by Gasteiger charge is 2.11. The first-order valence-corrected chi connectivity index (χ1v) is 7.87. The summed E-state index contributed by atoms with van der Waals surface area (Å²) in [5.41, 5.74) is 1.76. The van der Waals surface area contributed by atoms with E-state index >= 15 is 0 Å². The number of methoxy groups -OCH3 is 2. The van der Waals surface area contributed by atoms with Gasteiger partial charge in [-0.25, -0.2) is 9.97 Å². The molecule has 7 nitrogen and oxygen atoms in total. The van der Waals surface area contributed by atoms with Gasteiger partial charge in [-0.15, -0.1) is 0 Å². The average Bonchev–Trinajstić information content (AvgIpc) is 2.69. The molecular weight excluding hydrogens is 332 g/mol. The summed E-state index contributed by atoms with van der Waals surface area (Å²) >= 11 is 0. The Balaban J connectivity index is 1.77. The molecule has 0 aliphatic heterocycles. The Morgan fingerprint density at radius 1 is 0.962 bits per heavy atom. The van der Waals surface area contributed by atoms with Crippen LogP contribution in [0, 0.1) is 0 Å². The summed E-state index contributed by atoms with van der Waals surface area (Å²) in [4.78, 5) is 20.8. The standard InChI is InChI=1S/C19H18N4O3/c1-25-15-7-8-16(17(12-15)26-2)23-18(24)13-5-3-6-14(11-13)22-19-20-9-4-10-21-19/h3-12H,1-2H3,(H,23,24)(H,20,21,22). The van der Waals surface area contributed by atoms with Crippen LogP contribution in [0.25, 0.3) is 0 Å². The Morgan fingerprint density at radius 3 is 2.50 bits per heavy atom. The zero-order valence-corrected chi connectivity index (χ0v) is 14.4. The highest BCUT2D eigenvalue weighted by molar-refractivity contribution is 6.05. The summed E-state index contributed by atoms with van der Waals surface area (Å²) < 4.78 is 10.5. The zero-order chi connectivity index (χ0) is 18.4. The maximum atomic E-state index is 12.6. The highest BCUT2D eigenvalue weighted by atomic mass is 16.5. The molecule has 0 spiro atoms. The number of hydrogen-bond donors (Lipinski definition) is 2. The van der Waals surface area contributed by atoms with E-state index in [9.17, 15) is 4.79 Å². The number of hydrogen-bond acceptors (Lipinski definition) is 6. The molecule has 0 aliphatic rings. The molecule has 26 heavy (non-hydrogen) atoms. The largest absolute Gasteiger partial charge is 0.497 e. The minimum absolute atomic E-state index is 0.258. The van der Waals surface area contributed by atoms with E-state index in [0.717, 1.165) is 0 Å². The van der Waals surface area contributed by atoms with Gasteiger partial charge in [0.05, 0.1) is 19.9 Å². The van der Waals surface area contributed by atoms with Crippen molar-refractivity contribution in [3.8, 4) is 11.5 Å². The van der Waals surface area contributed by atoms with E-state index in [-0.39, 0.29) is 5.91 Å². The van der Waals surface area contributed by atoms with E-state index in [1.54, 1.807) is 62.0 Å². The Kier molecular flexibility index (Phi) is 5.28. The minimum atomic E-state index is -0.258. The molecule has 7 heteroatoms. The lowest BCUT2D eigenvalue weighted by Gasteiger charge is -2.12. The van der Waals surface area contributed by atoms with Gasteiger partial charge in [-0.1, -0.05) is 6.07 Å². The Hall–Kier alpha value is -3.61. The van der Waals surface area contributed by atoms with Gasteiger partial charge >= 0.3 is 0 Å². The first kappa shape index (κ1) is 17.2. The number of anilines is 3. The number of amides is 1. The van der Waals surface area contributed by atoms with Gasteiger partial charge in [0, 0.05) is 29.7 Å². The first-order chi connectivity index (χ1) is 12.7. The second-order valence-corrected chi connectivity index (χ2v) is 5.30. The SMILES string of the molecule is COc1ccc(NC(=O)c2cccc(Nc3ncccn3)c2)c(OC)c1. The fraction of sp³-hybridized carbons (Fsp3) is 0.105. The molecule has 0 radical (unpaired) electrons. The smallest absolute Gasteiger partial charge is 0.255 e. The van der Waals surface area contributed by atoms with Crippen LogP contribution in [0.4, 0.5) is 17.3 Å². The number of rotatable bonds is 6. The molecule has 0 atom stereocenters. The van der Waals surface area contributed by atoms with Gasteiger partial charge in [-0.05, 0) is 36.4 Å². The first-order valence-electron chi connectivity index (χ1n) is 7.87. The van der Waals surface area contributed by atoms with E-state index in [4.69, 9.17) is 9.47 Å². The third kappa shape index (κ3) is 4.07. The van der Waals surface area contributed by atoms with Crippen molar-refractivity contribution in [2.45, 2.75) is 0 Å². The average molecular weight is 350 g/mol. The summed E-state index contributed by atoms with van der Waals surface area (Å²) in [6.07, 6.45) is 3.28. The van der Waals surface area contributed by atoms with Crippen molar-refractivity contribution < 1.29 is 14.3 Å². The van der Waals surface area contributed by atoms with Crippen molar-refractivity contribution in [3.05, 3.63) is 66.5 Å². The molecule has 132 valence electrons. The number of carbonyl (C=O) groups is 1. The number of benzene rings is 2. The van der Waals surface area contributed by atoms with Gasteiger partial charge in [0.2, 0.25) is 5.95 Å². The van der Waals surface area contributed by atoms with Crippen molar-refractivity contribution in [1.82, 2.24) is 9.97 Å². The molecule has 0 saturated carbocycles. The molecule has 0 unspecified atom stereocenters. The van der Waals surface area contributed by atoms with Gasteiger partial charge in [-0.3, -0.25) is 4.79 Å². The van der Waals surface area contributed by atoms with Crippen LogP contribution in [-0.4, -0.2) is 30.1 Å². The summed E-state index contributed by atoms with van der Waals surface area (Å²) in [5.74, 6) is 1.37. The third-order valence-electron chi connectivity index (χ3n) is 3.60. The van der Waals surface area contributed by atoms with E-state index in [0.29, 0.717) is 34.4 Å². The monoisotopic (exact) mass is 350 g/mol. The van der Waals surface area contributed by atoms with Crippen LogP contribution in [0.1, 0.15) is 10.4 Å². The topological polar surface area (TPSA) is 85.4 Å². The quantitative estimate of drug-likeness (QED) is 0.708. The molecule has 2 aromatic carbocycles. The Morgan fingerprint density at radius 2 is 1.77 bits per heavy atom. The summed E-state index contributed by atoms with van der Waals surface area (Å²) in [5, 5.41) is 5.90. The molecule has 2 N–H and O–H groups in total. The fourth-order valence-electron chi connectivity index (χ4n) is 2.33. The van der Waals surface area contributed by atoms with Gasteiger partial charge in [0.15, 0.2) is 0 Å². The second kappa shape index (κ2) is 7.98. The number of carbonyl (C=O) groups excluding carboxylic acids is 1.